The summed E-state index contributed by atoms with van der Waals surface area (Å²) in [4.78, 5) is 12.3. The molecule has 2 heterocycles. The number of hydrogen-bond donors (Lipinski definition) is 1. The van der Waals surface area contributed by atoms with E-state index >= 15 is 0 Å². The van der Waals surface area contributed by atoms with Gasteiger partial charge in [0.25, 0.3) is 0 Å². The summed E-state index contributed by atoms with van der Waals surface area (Å²) >= 11 is 13.2. The molecule has 0 aliphatic heterocycles. The molecule has 0 unspecified atom stereocenters. The number of thioether (sulfide) groups is 1. The van der Waals surface area contributed by atoms with Gasteiger partial charge in [0.1, 0.15) is 5.76 Å². The highest BCUT2D eigenvalue weighted by molar-refractivity contribution is 7.99. The molecule has 0 aliphatic rings. The summed E-state index contributed by atoms with van der Waals surface area (Å²) < 4.78 is 7.23. The zero-order valence-electron chi connectivity index (χ0n) is 14.4. The van der Waals surface area contributed by atoms with Gasteiger partial charge in [-0.15, -0.1) is 16.8 Å². The molecule has 1 N–H and O–H groups in total. The average molecular weight is 423 g/mol. The Labute approximate surface area is 170 Å². The van der Waals surface area contributed by atoms with Gasteiger partial charge in [-0.2, -0.15) is 0 Å². The first-order valence-electron chi connectivity index (χ1n) is 7.95. The van der Waals surface area contributed by atoms with Gasteiger partial charge in [0.15, 0.2) is 11.0 Å². The lowest BCUT2D eigenvalue weighted by Crippen LogP contribution is -2.14. The molecule has 6 nitrogen and oxygen atoms in total. The minimum absolute atomic E-state index is 0.157. The third kappa shape index (κ3) is 4.74. The van der Waals surface area contributed by atoms with Crippen molar-refractivity contribution in [2.75, 3.05) is 11.1 Å². The van der Waals surface area contributed by atoms with Crippen LogP contribution in [0.3, 0.4) is 0 Å². The molecule has 3 rings (SSSR count). The number of carbonyl (C=O) groups is 1. The fourth-order valence-electron chi connectivity index (χ4n) is 2.46. The SMILES string of the molecule is C=CCn1c(SCC(=O)Nc2cc(Cl)cc(Cl)c2)nnc1-c1ccoc1C. The lowest BCUT2D eigenvalue weighted by atomic mass is 10.2. The van der Waals surface area contributed by atoms with Gasteiger partial charge in [-0.05, 0) is 31.2 Å². The van der Waals surface area contributed by atoms with Crippen LogP contribution >= 0.6 is 35.0 Å². The van der Waals surface area contributed by atoms with Crippen molar-refractivity contribution < 1.29 is 9.21 Å². The quantitative estimate of drug-likeness (QED) is 0.424. The first-order valence-corrected chi connectivity index (χ1v) is 9.69. The number of aromatic nitrogens is 3. The van der Waals surface area contributed by atoms with Crippen molar-refractivity contribution in [1.82, 2.24) is 14.8 Å². The zero-order valence-corrected chi connectivity index (χ0v) is 16.7. The molecule has 2 aromatic heterocycles. The molecule has 1 amide bonds. The van der Waals surface area contributed by atoms with E-state index in [2.05, 4.69) is 22.1 Å². The molecule has 0 saturated carbocycles. The predicted octanol–water partition coefficient (Wildman–Crippen LogP) is 5.07. The molecule has 0 bridgehead atoms. The molecule has 0 atom stereocenters. The number of benzene rings is 1. The number of hydrogen-bond acceptors (Lipinski definition) is 5. The van der Waals surface area contributed by atoms with Crippen LogP contribution in [0.4, 0.5) is 5.69 Å². The van der Waals surface area contributed by atoms with Crippen LogP contribution in [0.25, 0.3) is 11.4 Å². The normalized spacial score (nSPS) is 10.8. The summed E-state index contributed by atoms with van der Waals surface area (Å²) in [5.41, 5.74) is 1.40. The van der Waals surface area contributed by atoms with E-state index in [-0.39, 0.29) is 11.7 Å². The maximum Gasteiger partial charge on any atom is 0.234 e. The molecule has 0 fully saturated rings. The van der Waals surface area contributed by atoms with Gasteiger partial charge < -0.3 is 9.73 Å². The Morgan fingerprint density at radius 3 is 2.70 bits per heavy atom. The fraction of sp³-hybridized carbons (Fsp3) is 0.167. The van der Waals surface area contributed by atoms with Gasteiger partial charge in [-0.3, -0.25) is 9.36 Å². The first-order chi connectivity index (χ1) is 13.0. The first kappa shape index (κ1) is 19.5. The lowest BCUT2D eigenvalue weighted by Gasteiger charge is -2.08. The third-order valence-corrected chi connectivity index (χ3v) is 5.01. The molecule has 9 heteroatoms. The van der Waals surface area contributed by atoms with Crippen molar-refractivity contribution in [2.24, 2.45) is 0 Å². The number of anilines is 1. The van der Waals surface area contributed by atoms with E-state index in [0.717, 1.165) is 11.3 Å². The summed E-state index contributed by atoms with van der Waals surface area (Å²) in [6.07, 6.45) is 3.36. The number of furan rings is 1. The second kappa shape index (κ2) is 8.65. The van der Waals surface area contributed by atoms with Gasteiger partial charge in [0.2, 0.25) is 5.91 Å². The predicted molar refractivity (Wildman–Crippen MR) is 108 cm³/mol. The molecule has 140 valence electrons. The number of carbonyl (C=O) groups excluding carboxylic acids is 1. The molecule has 0 saturated heterocycles. The van der Waals surface area contributed by atoms with E-state index < -0.39 is 0 Å². The number of nitrogens with one attached hydrogen (secondary N) is 1. The number of halogens is 2. The van der Waals surface area contributed by atoms with Crippen molar-refractivity contribution in [3.63, 3.8) is 0 Å². The number of aryl methyl sites for hydroxylation is 1. The van der Waals surface area contributed by atoms with Gasteiger partial charge in [-0.1, -0.05) is 41.0 Å². The van der Waals surface area contributed by atoms with E-state index in [4.69, 9.17) is 27.6 Å². The molecular formula is C18H16Cl2N4O2S. The van der Waals surface area contributed by atoms with Crippen LogP contribution in [-0.4, -0.2) is 26.4 Å². The molecule has 27 heavy (non-hydrogen) atoms. The van der Waals surface area contributed by atoms with Gasteiger partial charge in [-0.25, -0.2) is 0 Å². The van der Waals surface area contributed by atoms with Crippen LogP contribution < -0.4 is 5.32 Å². The van der Waals surface area contributed by atoms with Gasteiger partial charge in [0, 0.05) is 22.3 Å². The van der Waals surface area contributed by atoms with Crippen molar-refractivity contribution in [3.05, 3.63) is 59.0 Å². The second-order valence-electron chi connectivity index (χ2n) is 5.59. The second-order valence-corrected chi connectivity index (χ2v) is 7.41. The molecule has 3 aromatic rings. The minimum Gasteiger partial charge on any atom is -0.469 e. The van der Waals surface area contributed by atoms with Crippen LogP contribution in [0.5, 0.6) is 0 Å². The largest absolute Gasteiger partial charge is 0.469 e. The van der Waals surface area contributed by atoms with Crippen molar-refractivity contribution in [3.8, 4) is 11.4 Å². The van der Waals surface area contributed by atoms with Crippen LogP contribution in [0.15, 0.2) is 52.8 Å². The minimum atomic E-state index is -0.201. The van der Waals surface area contributed by atoms with Crippen LogP contribution in [0.2, 0.25) is 10.0 Å². The summed E-state index contributed by atoms with van der Waals surface area (Å²) in [6, 6.07) is 6.71. The molecular weight excluding hydrogens is 407 g/mol. The number of rotatable bonds is 7. The molecule has 0 aliphatic carbocycles. The summed E-state index contributed by atoms with van der Waals surface area (Å²) in [6.45, 7) is 6.15. The Hall–Kier alpha value is -2.22. The molecule has 1 aromatic carbocycles. The van der Waals surface area contributed by atoms with E-state index in [1.54, 1.807) is 30.5 Å². The summed E-state index contributed by atoms with van der Waals surface area (Å²) in [7, 11) is 0. The Morgan fingerprint density at radius 1 is 1.33 bits per heavy atom. The zero-order chi connectivity index (χ0) is 19.4. The Morgan fingerprint density at radius 2 is 2.07 bits per heavy atom. The van der Waals surface area contributed by atoms with E-state index in [0.29, 0.717) is 33.3 Å². The molecule has 0 spiro atoms. The number of amides is 1. The lowest BCUT2D eigenvalue weighted by molar-refractivity contribution is -0.113. The summed E-state index contributed by atoms with van der Waals surface area (Å²) in [5, 5.41) is 12.7. The Kier molecular flexibility index (Phi) is 6.26. The van der Waals surface area contributed by atoms with Crippen LogP contribution in [0.1, 0.15) is 5.76 Å². The Balaban J connectivity index is 1.72. The van der Waals surface area contributed by atoms with Gasteiger partial charge in [0.05, 0.1) is 17.6 Å². The highest BCUT2D eigenvalue weighted by Crippen LogP contribution is 2.27. The van der Waals surface area contributed by atoms with E-state index in [1.165, 1.54) is 11.8 Å². The topological polar surface area (TPSA) is 73.0 Å². The average Bonchev–Trinajstić information content (AvgIpc) is 3.18. The monoisotopic (exact) mass is 422 g/mol. The van der Waals surface area contributed by atoms with Gasteiger partial charge >= 0.3 is 0 Å². The van der Waals surface area contributed by atoms with Crippen LogP contribution in [0, 0.1) is 6.92 Å². The van der Waals surface area contributed by atoms with Crippen molar-refractivity contribution >= 4 is 46.6 Å². The third-order valence-electron chi connectivity index (χ3n) is 3.61. The Bertz CT molecular complexity index is 963. The molecule has 0 radical (unpaired) electrons. The number of allylic oxidation sites excluding steroid dienone is 1. The maximum absolute atomic E-state index is 12.3. The fourth-order valence-corrected chi connectivity index (χ4v) is 3.73. The van der Waals surface area contributed by atoms with E-state index in [9.17, 15) is 4.79 Å². The van der Waals surface area contributed by atoms with E-state index in [1.807, 2.05) is 17.6 Å². The van der Waals surface area contributed by atoms with Crippen molar-refractivity contribution in [2.45, 2.75) is 18.6 Å². The highest BCUT2D eigenvalue weighted by Gasteiger charge is 2.17. The smallest absolute Gasteiger partial charge is 0.234 e. The maximum atomic E-state index is 12.3. The van der Waals surface area contributed by atoms with Crippen LogP contribution in [-0.2, 0) is 11.3 Å². The summed E-state index contributed by atoms with van der Waals surface area (Å²) in [5.74, 6) is 1.38. The standard InChI is InChI=1S/C18H16Cl2N4O2S/c1-3-5-24-17(15-4-6-26-11(15)2)22-23-18(24)27-10-16(25)21-14-8-12(19)7-13(20)9-14/h3-4,6-9H,1,5,10H2,2H3,(H,21,25). The highest BCUT2D eigenvalue weighted by atomic mass is 35.5. The number of nitrogens with zero attached hydrogens (tertiary/aromatic N) is 3. The van der Waals surface area contributed by atoms with Crippen molar-refractivity contribution in [1.29, 1.82) is 0 Å².